The fourth-order valence-electron chi connectivity index (χ4n) is 9.94. The zero-order valence-electron chi connectivity index (χ0n) is 43.9. The van der Waals surface area contributed by atoms with Gasteiger partial charge in [-0.1, -0.05) is 58.0 Å². The van der Waals surface area contributed by atoms with E-state index in [1.54, 1.807) is 47.8 Å². The number of aromatic nitrogens is 3. The molecule has 0 saturated carbocycles. The molecule has 5 heterocycles. The first-order valence-corrected chi connectivity index (χ1v) is 25.9. The van der Waals surface area contributed by atoms with E-state index in [0.29, 0.717) is 74.9 Å². The number of ether oxygens (including phenoxy) is 2. The molecule has 6 atom stereocenters. The number of nitrogens with zero attached hydrogens (tertiary/aromatic N) is 6. The SMILES string of the molecule is CC[C@H](NC(=O)[C@H]1C[C@@H](NCCOCCOCCC(=O)NCCn2cc3c(n2)CN(C)C(=O)c2ccc(F)cc2[C@H]2CCCN2c2cc-3cnc2N)CN1C(=O)C(NC(=O)[C@@H](C)NC)C(C)(C)C)c1ccccc1. The Morgan fingerprint density at radius 1 is 0.973 bits per heavy atom. The molecule has 400 valence electrons. The normalized spacial score (nSPS) is 18.8. The lowest BCUT2D eigenvalue weighted by molar-refractivity contribution is -0.144. The van der Waals surface area contributed by atoms with Crippen molar-refractivity contribution < 1.29 is 37.8 Å². The summed E-state index contributed by atoms with van der Waals surface area (Å²) < 4.78 is 28.0. The van der Waals surface area contributed by atoms with Gasteiger partial charge in [0.25, 0.3) is 5.91 Å². The lowest BCUT2D eigenvalue weighted by Crippen LogP contribution is -2.59. The maximum Gasteiger partial charge on any atom is 0.254 e. The number of pyridine rings is 1. The van der Waals surface area contributed by atoms with E-state index in [0.717, 1.165) is 35.2 Å². The van der Waals surface area contributed by atoms with E-state index in [2.05, 4.69) is 36.5 Å². The van der Waals surface area contributed by atoms with Gasteiger partial charge in [0.1, 0.15) is 23.7 Å². The summed E-state index contributed by atoms with van der Waals surface area (Å²) in [5, 5.41) is 20.3. The fourth-order valence-corrected chi connectivity index (χ4v) is 9.94. The highest BCUT2D eigenvalue weighted by atomic mass is 19.1. The van der Waals surface area contributed by atoms with Crippen LogP contribution in [0, 0.1) is 11.2 Å². The summed E-state index contributed by atoms with van der Waals surface area (Å²) in [6.07, 6.45) is 6.37. The average molecular weight is 1020 g/mol. The van der Waals surface area contributed by atoms with Crippen molar-refractivity contribution >= 4 is 41.0 Å². The largest absolute Gasteiger partial charge is 0.382 e. The van der Waals surface area contributed by atoms with E-state index in [4.69, 9.17) is 20.3 Å². The van der Waals surface area contributed by atoms with Gasteiger partial charge in [0.05, 0.1) is 69.0 Å². The molecule has 0 aliphatic carbocycles. The summed E-state index contributed by atoms with van der Waals surface area (Å²) in [7, 11) is 3.39. The second kappa shape index (κ2) is 25.2. The number of hydrogen-bond donors (Lipinski definition) is 6. The van der Waals surface area contributed by atoms with Crippen LogP contribution >= 0.6 is 0 Å². The number of benzene rings is 2. The third kappa shape index (κ3) is 13.6. The number of rotatable bonds is 21. The molecule has 74 heavy (non-hydrogen) atoms. The van der Waals surface area contributed by atoms with E-state index >= 15 is 0 Å². The third-order valence-electron chi connectivity index (χ3n) is 14.2. The number of carbonyl (C=O) groups is 5. The molecular formula is C54H75FN12O7. The highest BCUT2D eigenvalue weighted by Crippen LogP contribution is 2.42. The number of amides is 5. The van der Waals surface area contributed by atoms with Crippen molar-refractivity contribution in [2.45, 2.75) is 116 Å². The van der Waals surface area contributed by atoms with E-state index in [9.17, 15) is 28.4 Å². The van der Waals surface area contributed by atoms with Gasteiger partial charge in [-0.3, -0.25) is 28.7 Å². The van der Waals surface area contributed by atoms with Gasteiger partial charge in [0.2, 0.25) is 23.6 Å². The quantitative estimate of drug-likeness (QED) is 0.0647. The van der Waals surface area contributed by atoms with E-state index in [1.165, 1.54) is 12.1 Å². The highest BCUT2D eigenvalue weighted by Gasteiger charge is 2.45. The summed E-state index contributed by atoms with van der Waals surface area (Å²) in [5.74, 6) is -1.33. The van der Waals surface area contributed by atoms with Gasteiger partial charge in [-0.05, 0) is 80.5 Å². The van der Waals surface area contributed by atoms with Gasteiger partial charge in [-0.15, -0.1) is 0 Å². The maximum absolute atomic E-state index is 14.7. The molecule has 20 heteroatoms. The van der Waals surface area contributed by atoms with Crippen LogP contribution in [0.2, 0.25) is 0 Å². The Labute approximate surface area is 433 Å². The molecule has 7 N–H and O–H groups in total. The van der Waals surface area contributed by atoms with Crippen molar-refractivity contribution in [2.24, 2.45) is 5.41 Å². The molecule has 2 fully saturated rings. The molecule has 19 nitrogen and oxygen atoms in total. The summed E-state index contributed by atoms with van der Waals surface area (Å²) in [6.45, 7) is 12.8. The number of hydrogen-bond acceptors (Lipinski definition) is 13. The van der Waals surface area contributed by atoms with Gasteiger partial charge >= 0.3 is 0 Å². The minimum absolute atomic E-state index is 0.150. The Morgan fingerprint density at radius 3 is 2.46 bits per heavy atom. The molecule has 5 amide bonds. The number of nitrogens with one attached hydrogen (secondary N) is 5. The first-order valence-electron chi connectivity index (χ1n) is 25.9. The Bertz CT molecular complexity index is 2590. The molecule has 2 bridgehead atoms. The fraction of sp³-hybridized carbons (Fsp3) is 0.537. The molecule has 2 saturated heterocycles. The van der Waals surface area contributed by atoms with E-state index < -0.39 is 29.4 Å². The Balaban J connectivity index is 0.859. The van der Waals surface area contributed by atoms with Crippen LogP contribution in [-0.2, 0) is 41.7 Å². The van der Waals surface area contributed by atoms with Crippen LogP contribution in [0.1, 0.15) is 106 Å². The summed E-state index contributed by atoms with van der Waals surface area (Å²) >= 11 is 0. The van der Waals surface area contributed by atoms with Crippen molar-refractivity contribution in [3.8, 4) is 11.1 Å². The van der Waals surface area contributed by atoms with Crippen molar-refractivity contribution in [1.29, 1.82) is 0 Å². The Kier molecular flexibility index (Phi) is 18.8. The van der Waals surface area contributed by atoms with Crippen LogP contribution in [-0.4, -0.2) is 145 Å². The average Bonchev–Trinajstić information content (AvgIpc) is 4.15. The summed E-state index contributed by atoms with van der Waals surface area (Å²) in [5.41, 5.74) is 10.8. The molecule has 3 aliphatic heterocycles. The van der Waals surface area contributed by atoms with Crippen molar-refractivity contribution in [3.05, 3.63) is 95.2 Å². The lowest BCUT2D eigenvalue weighted by Gasteiger charge is -2.36. The molecule has 7 rings (SSSR count). The zero-order valence-corrected chi connectivity index (χ0v) is 43.9. The first kappa shape index (κ1) is 55.3. The predicted molar refractivity (Wildman–Crippen MR) is 280 cm³/mol. The number of likely N-dealkylation sites (N-methyl/N-ethyl adjacent to an activating group) is 1. The molecule has 2 aromatic carbocycles. The van der Waals surface area contributed by atoms with Crippen LogP contribution in [0.15, 0.2) is 67.0 Å². The smallest absolute Gasteiger partial charge is 0.254 e. The molecular weight excluding hydrogens is 948 g/mol. The molecule has 4 aromatic rings. The highest BCUT2D eigenvalue weighted by molar-refractivity contribution is 5.96. The summed E-state index contributed by atoms with van der Waals surface area (Å²) in [4.78, 5) is 78.0. The lowest BCUT2D eigenvalue weighted by atomic mass is 9.85. The monoisotopic (exact) mass is 1020 g/mol. The van der Waals surface area contributed by atoms with E-state index in [-0.39, 0.29) is 80.4 Å². The molecule has 0 radical (unpaired) electrons. The molecule has 2 aromatic heterocycles. The zero-order chi connectivity index (χ0) is 53.1. The second-order valence-corrected chi connectivity index (χ2v) is 20.5. The van der Waals surface area contributed by atoms with Gasteiger partial charge in [-0.25, -0.2) is 9.37 Å². The molecule has 1 unspecified atom stereocenters. The van der Waals surface area contributed by atoms with Crippen molar-refractivity contribution in [3.63, 3.8) is 0 Å². The number of nitrogen functional groups attached to an aromatic ring is 1. The second-order valence-electron chi connectivity index (χ2n) is 20.5. The van der Waals surface area contributed by atoms with Crippen molar-refractivity contribution in [2.75, 3.05) is 77.3 Å². The van der Waals surface area contributed by atoms with Gasteiger partial charge in [0.15, 0.2) is 0 Å². The summed E-state index contributed by atoms with van der Waals surface area (Å²) in [6, 6.07) is 13.3. The number of halogens is 1. The first-order chi connectivity index (χ1) is 35.5. The number of nitrogens with two attached hydrogens (primary N) is 1. The van der Waals surface area contributed by atoms with Gasteiger partial charge in [-0.2, -0.15) is 5.10 Å². The van der Waals surface area contributed by atoms with Crippen LogP contribution in [0.4, 0.5) is 15.9 Å². The Hall–Kier alpha value is -6.48. The molecule has 0 spiro atoms. The minimum atomic E-state index is -0.862. The topological polar surface area (TPSA) is 230 Å². The van der Waals surface area contributed by atoms with Crippen LogP contribution in [0.5, 0.6) is 0 Å². The van der Waals surface area contributed by atoms with Gasteiger partial charge < -0.3 is 56.5 Å². The Morgan fingerprint density at radius 2 is 1.73 bits per heavy atom. The number of carbonyl (C=O) groups excluding carboxylic acids is 5. The number of anilines is 2. The minimum Gasteiger partial charge on any atom is -0.382 e. The molecule has 3 aliphatic rings. The maximum atomic E-state index is 14.7. The number of likely N-dealkylation sites (tertiary alicyclic amines) is 1. The van der Waals surface area contributed by atoms with Gasteiger partial charge in [0, 0.05) is 74.8 Å². The third-order valence-corrected chi connectivity index (χ3v) is 14.2. The van der Waals surface area contributed by atoms with E-state index in [1.807, 2.05) is 70.3 Å². The number of fused-ring (bicyclic) bond motifs is 8. The standard InChI is InChI=1S/C54H75FN12O7/c1-8-42(35-13-10-9-11-14-35)61-51(70)46-29-38(31-67(46)53(72)48(54(3,4)5)62-50(69)34(2)57-6)58-20-24-74-26-25-73-23-18-47(68)59-19-22-65-32-41-36-27-45(49(56)60-30-36)66-21-12-15-44(66)40-28-37(55)16-17-39(40)52(71)64(7)33-43(41)63-65/h9-11,13-14,16-17,27-28,30,32,34,38,42,44,46,48,57-58H,8,12,15,18-26,29,31,33H2,1-7H3,(H2,56,60)(H,59,68)(H,61,70)(H,62,69)/t34-,38-,42+,44-,46-,48?/m1/s1. The van der Waals surface area contributed by atoms with Crippen LogP contribution < -0.4 is 37.2 Å². The predicted octanol–water partition coefficient (Wildman–Crippen LogP) is 4.10. The van der Waals surface area contributed by atoms with Crippen molar-refractivity contribution in [1.82, 2.24) is 51.1 Å². The van der Waals surface area contributed by atoms with Crippen LogP contribution in [0.25, 0.3) is 11.1 Å². The van der Waals surface area contributed by atoms with Crippen LogP contribution in [0.3, 0.4) is 0 Å².